The Morgan fingerprint density at radius 1 is 1.11 bits per heavy atom. The van der Waals surface area contributed by atoms with E-state index in [4.69, 9.17) is 4.74 Å². The van der Waals surface area contributed by atoms with Gasteiger partial charge in [-0.15, -0.1) is 0 Å². The standard InChI is InChI=1S/C19H19BrF2N2O3/c1-11-3-4-13(9-16(11)22)19(26)24-8-7-23-18(25)12(2)27-17-6-5-14(21)10-15(17)20/h3-6,9-10,12H,7-8H2,1-2H3,(H,23,25)(H,24,26). The molecule has 2 amide bonds. The maximum absolute atomic E-state index is 13.5. The average Bonchev–Trinajstić information content (AvgIpc) is 2.62. The molecule has 144 valence electrons. The quantitative estimate of drug-likeness (QED) is 0.648. The van der Waals surface area contributed by atoms with E-state index in [0.717, 1.165) is 0 Å². The van der Waals surface area contributed by atoms with Gasteiger partial charge in [0.25, 0.3) is 11.8 Å². The van der Waals surface area contributed by atoms with Gasteiger partial charge in [0, 0.05) is 18.7 Å². The number of aryl methyl sites for hydroxylation is 1. The first-order valence-electron chi connectivity index (χ1n) is 8.21. The van der Waals surface area contributed by atoms with Crippen LogP contribution in [-0.2, 0) is 4.79 Å². The van der Waals surface area contributed by atoms with Crippen molar-refractivity contribution in [3.63, 3.8) is 0 Å². The van der Waals surface area contributed by atoms with Crippen molar-refractivity contribution < 1.29 is 23.1 Å². The lowest BCUT2D eigenvalue weighted by atomic mass is 10.1. The van der Waals surface area contributed by atoms with E-state index in [1.165, 1.54) is 36.4 Å². The summed E-state index contributed by atoms with van der Waals surface area (Å²) in [4.78, 5) is 24.0. The summed E-state index contributed by atoms with van der Waals surface area (Å²) in [7, 11) is 0. The molecule has 0 aromatic heterocycles. The van der Waals surface area contributed by atoms with Crippen LogP contribution in [0.4, 0.5) is 8.78 Å². The van der Waals surface area contributed by atoms with Crippen LogP contribution in [0.5, 0.6) is 5.75 Å². The van der Waals surface area contributed by atoms with Crippen molar-refractivity contribution in [1.82, 2.24) is 10.6 Å². The highest BCUT2D eigenvalue weighted by molar-refractivity contribution is 9.10. The van der Waals surface area contributed by atoms with Gasteiger partial charge in [-0.3, -0.25) is 9.59 Å². The maximum atomic E-state index is 13.5. The topological polar surface area (TPSA) is 67.4 Å². The Balaban J connectivity index is 1.76. The van der Waals surface area contributed by atoms with Crippen LogP contribution < -0.4 is 15.4 Å². The summed E-state index contributed by atoms with van der Waals surface area (Å²) in [5.41, 5.74) is 0.669. The van der Waals surface area contributed by atoms with Crippen LogP contribution in [0.2, 0.25) is 0 Å². The van der Waals surface area contributed by atoms with Crippen molar-refractivity contribution in [3.05, 3.63) is 63.6 Å². The van der Waals surface area contributed by atoms with Gasteiger partial charge < -0.3 is 15.4 Å². The van der Waals surface area contributed by atoms with E-state index in [0.29, 0.717) is 15.8 Å². The minimum atomic E-state index is -0.811. The Hall–Kier alpha value is -2.48. The van der Waals surface area contributed by atoms with Crippen molar-refractivity contribution in [2.75, 3.05) is 13.1 Å². The number of ether oxygens (including phenoxy) is 1. The van der Waals surface area contributed by atoms with Crippen LogP contribution in [0.25, 0.3) is 0 Å². The molecule has 0 fully saturated rings. The zero-order chi connectivity index (χ0) is 20.0. The van der Waals surface area contributed by atoms with Crippen LogP contribution in [0, 0.1) is 18.6 Å². The van der Waals surface area contributed by atoms with Crippen molar-refractivity contribution in [2.24, 2.45) is 0 Å². The molecule has 8 heteroatoms. The third-order valence-electron chi connectivity index (χ3n) is 3.71. The highest BCUT2D eigenvalue weighted by Gasteiger charge is 2.16. The zero-order valence-electron chi connectivity index (χ0n) is 14.8. The Morgan fingerprint density at radius 3 is 2.48 bits per heavy atom. The number of amides is 2. The first-order chi connectivity index (χ1) is 12.8. The second-order valence-corrected chi connectivity index (χ2v) is 6.70. The molecule has 0 spiro atoms. The Bertz CT molecular complexity index is 846. The van der Waals surface area contributed by atoms with Crippen molar-refractivity contribution in [2.45, 2.75) is 20.0 Å². The predicted molar refractivity (Wildman–Crippen MR) is 101 cm³/mol. The molecular weight excluding hydrogens is 422 g/mol. The fourth-order valence-electron chi connectivity index (χ4n) is 2.16. The molecule has 0 aliphatic rings. The molecule has 2 aromatic carbocycles. The van der Waals surface area contributed by atoms with Gasteiger partial charge in [-0.05, 0) is 65.7 Å². The van der Waals surface area contributed by atoms with E-state index in [-0.39, 0.29) is 24.6 Å². The molecule has 0 aliphatic carbocycles. The molecule has 1 atom stereocenters. The SMILES string of the molecule is Cc1ccc(C(=O)NCCNC(=O)C(C)Oc2ccc(F)cc2Br)cc1F. The first kappa shape index (κ1) is 20.8. The number of carbonyl (C=O) groups excluding carboxylic acids is 2. The number of hydrogen-bond acceptors (Lipinski definition) is 3. The van der Waals surface area contributed by atoms with Crippen LogP contribution in [0.15, 0.2) is 40.9 Å². The molecule has 0 saturated heterocycles. The van der Waals surface area contributed by atoms with Gasteiger partial charge in [-0.1, -0.05) is 6.07 Å². The van der Waals surface area contributed by atoms with Crippen molar-refractivity contribution >= 4 is 27.7 Å². The van der Waals surface area contributed by atoms with Crippen LogP contribution in [-0.4, -0.2) is 31.0 Å². The number of halogens is 3. The third-order valence-corrected chi connectivity index (χ3v) is 4.33. The third kappa shape index (κ3) is 6.02. The van der Waals surface area contributed by atoms with Gasteiger partial charge in [-0.2, -0.15) is 0 Å². The lowest BCUT2D eigenvalue weighted by molar-refractivity contribution is -0.127. The molecule has 1 unspecified atom stereocenters. The van der Waals surface area contributed by atoms with E-state index in [1.807, 2.05) is 0 Å². The smallest absolute Gasteiger partial charge is 0.260 e. The first-order valence-corrected chi connectivity index (χ1v) is 9.01. The van der Waals surface area contributed by atoms with E-state index in [2.05, 4.69) is 26.6 Å². The van der Waals surface area contributed by atoms with Crippen molar-refractivity contribution in [3.8, 4) is 5.75 Å². The van der Waals surface area contributed by atoms with Crippen LogP contribution >= 0.6 is 15.9 Å². The second kappa shape index (κ2) is 9.45. The molecule has 0 heterocycles. The summed E-state index contributed by atoms with van der Waals surface area (Å²) in [6.07, 6.45) is -0.811. The fraction of sp³-hybridized carbons (Fsp3) is 0.263. The van der Waals surface area contributed by atoms with Crippen LogP contribution in [0.3, 0.4) is 0 Å². The zero-order valence-corrected chi connectivity index (χ0v) is 16.4. The van der Waals surface area contributed by atoms with E-state index >= 15 is 0 Å². The normalized spacial score (nSPS) is 11.6. The predicted octanol–water partition coefficient (Wildman–Crippen LogP) is 3.35. The number of hydrogen-bond donors (Lipinski definition) is 2. The van der Waals surface area contributed by atoms with Gasteiger partial charge in [0.15, 0.2) is 6.10 Å². The lowest BCUT2D eigenvalue weighted by Gasteiger charge is -2.16. The molecule has 0 saturated carbocycles. The van der Waals surface area contributed by atoms with E-state index in [1.54, 1.807) is 13.8 Å². The number of benzene rings is 2. The highest BCUT2D eigenvalue weighted by Crippen LogP contribution is 2.26. The Kier molecular flexibility index (Phi) is 7.29. The highest BCUT2D eigenvalue weighted by atomic mass is 79.9. The lowest BCUT2D eigenvalue weighted by Crippen LogP contribution is -2.40. The second-order valence-electron chi connectivity index (χ2n) is 5.85. The molecule has 2 N–H and O–H groups in total. The molecule has 27 heavy (non-hydrogen) atoms. The molecule has 0 radical (unpaired) electrons. The summed E-state index contributed by atoms with van der Waals surface area (Å²) in [5, 5.41) is 5.21. The molecule has 2 rings (SSSR count). The van der Waals surface area contributed by atoms with Gasteiger partial charge in [0.05, 0.1) is 4.47 Å². The number of nitrogens with one attached hydrogen (secondary N) is 2. The molecule has 0 aliphatic heterocycles. The summed E-state index contributed by atoms with van der Waals surface area (Å²) < 4.78 is 32.4. The molecule has 5 nitrogen and oxygen atoms in total. The summed E-state index contributed by atoms with van der Waals surface area (Å²) in [6.45, 7) is 3.52. The van der Waals surface area contributed by atoms with Gasteiger partial charge >= 0.3 is 0 Å². The monoisotopic (exact) mass is 440 g/mol. The maximum Gasteiger partial charge on any atom is 0.260 e. The van der Waals surface area contributed by atoms with Gasteiger partial charge in [0.2, 0.25) is 0 Å². The fourth-order valence-corrected chi connectivity index (χ4v) is 2.60. The average molecular weight is 441 g/mol. The summed E-state index contributed by atoms with van der Waals surface area (Å²) in [6, 6.07) is 8.11. The minimum Gasteiger partial charge on any atom is -0.480 e. The number of rotatable bonds is 7. The summed E-state index contributed by atoms with van der Waals surface area (Å²) >= 11 is 3.17. The molecule has 0 bridgehead atoms. The summed E-state index contributed by atoms with van der Waals surface area (Å²) in [5.74, 6) is -1.34. The Morgan fingerprint density at radius 2 is 1.81 bits per heavy atom. The molecule has 2 aromatic rings. The van der Waals surface area contributed by atoms with E-state index < -0.39 is 23.6 Å². The molecular formula is C19H19BrF2N2O3. The van der Waals surface area contributed by atoms with E-state index in [9.17, 15) is 18.4 Å². The largest absolute Gasteiger partial charge is 0.480 e. The number of carbonyl (C=O) groups is 2. The van der Waals surface area contributed by atoms with Crippen molar-refractivity contribution in [1.29, 1.82) is 0 Å². The van der Waals surface area contributed by atoms with Crippen LogP contribution in [0.1, 0.15) is 22.8 Å². The minimum absolute atomic E-state index is 0.174. The van der Waals surface area contributed by atoms with Gasteiger partial charge in [0.1, 0.15) is 17.4 Å². The Labute approximate surface area is 164 Å². The van der Waals surface area contributed by atoms with Gasteiger partial charge in [-0.25, -0.2) is 8.78 Å².